The van der Waals surface area contributed by atoms with E-state index in [-0.39, 0.29) is 5.69 Å². The first kappa shape index (κ1) is 24.5. The summed E-state index contributed by atoms with van der Waals surface area (Å²) in [5.41, 5.74) is 2.31. The van der Waals surface area contributed by atoms with Crippen LogP contribution in [-0.2, 0) is 11.2 Å². The second-order valence-electron chi connectivity index (χ2n) is 6.99. The van der Waals surface area contributed by atoms with Crippen LogP contribution in [0.25, 0.3) is 0 Å². The Morgan fingerprint density at radius 3 is 2.35 bits per heavy atom. The van der Waals surface area contributed by atoms with E-state index in [4.69, 9.17) is 14.6 Å². The van der Waals surface area contributed by atoms with Crippen molar-refractivity contribution in [2.75, 3.05) is 13.7 Å². The van der Waals surface area contributed by atoms with Crippen LogP contribution in [0.3, 0.4) is 0 Å². The molecule has 9 heteroatoms. The van der Waals surface area contributed by atoms with Gasteiger partial charge in [0.1, 0.15) is 0 Å². The third-order valence-electron chi connectivity index (χ3n) is 4.56. The number of rotatable bonds is 11. The summed E-state index contributed by atoms with van der Waals surface area (Å²) in [6, 6.07) is 17.6. The van der Waals surface area contributed by atoms with Crippen LogP contribution in [0.15, 0.2) is 88.1 Å². The van der Waals surface area contributed by atoms with Gasteiger partial charge in [-0.2, -0.15) is 0 Å². The van der Waals surface area contributed by atoms with Gasteiger partial charge >= 0.3 is 5.97 Å². The van der Waals surface area contributed by atoms with Crippen LogP contribution in [-0.4, -0.2) is 35.9 Å². The average Bonchev–Trinajstić information content (AvgIpc) is 2.83. The SMILES string of the molecule is C=CCc1cc(C=Nc2ccc(Sc3ccc([N+](=O)[O-])cc3)cc2)cc(OC)c1OCC(=O)O. The van der Waals surface area contributed by atoms with E-state index >= 15 is 0 Å². The molecule has 0 aliphatic heterocycles. The highest BCUT2D eigenvalue weighted by Crippen LogP contribution is 2.34. The number of aliphatic imine (C=N–C) groups is 1. The Morgan fingerprint density at radius 2 is 1.79 bits per heavy atom. The topological polar surface area (TPSA) is 111 Å². The molecule has 0 saturated heterocycles. The summed E-state index contributed by atoms with van der Waals surface area (Å²) in [7, 11) is 1.49. The number of hydrogen-bond donors (Lipinski definition) is 1. The first-order valence-electron chi connectivity index (χ1n) is 10.1. The summed E-state index contributed by atoms with van der Waals surface area (Å²) in [5.74, 6) is -0.293. The summed E-state index contributed by atoms with van der Waals surface area (Å²) in [6.45, 7) is 3.27. The largest absolute Gasteiger partial charge is 0.493 e. The van der Waals surface area contributed by atoms with E-state index in [1.807, 2.05) is 30.3 Å². The first-order chi connectivity index (χ1) is 16.4. The van der Waals surface area contributed by atoms with Crippen LogP contribution < -0.4 is 9.47 Å². The van der Waals surface area contributed by atoms with Crippen molar-refractivity contribution in [1.82, 2.24) is 0 Å². The third kappa shape index (κ3) is 6.69. The van der Waals surface area contributed by atoms with Crippen molar-refractivity contribution in [3.8, 4) is 11.5 Å². The fraction of sp³-hybridized carbons (Fsp3) is 0.120. The number of carboxylic acids is 1. The maximum atomic E-state index is 10.9. The van der Waals surface area contributed by atoms with Crippen molar-refractivity contribution in [2.24, 2.45) is 4.99 Å². The van der Waals surface area contributed by atoms with Crippen LogP contribution in [0, 0.1) is 10.1 Å². The van der Waals surface area contributed by atoms with Gasteiger partial charge in [-0.15, -0.1) is 6.58 Å². The standard InChI is InChI=1S/C25H22N2O6S/c1-3-4-18-13-17(14-23(32-2)25(18)33-16-24(28)29)15-26-19-5-9-21(10-6-19)34-22-11-7-20(8-12-22)27(30)31/h3,5-15H,1,4,16H2,2H3,(H,28,29). The minimum atomic E-state index is -1.08. The van der Waals surface area contributed by atoms with Gasteiger partial charge in [0, 0.05) is 33.7 Å². The Morgan fingerprint density at radius 1 is 1.15 bits per heavy atom. The minimum Gasteiger partial charge on any atom is -0.493 e. The van der Waals surface area contributed by atoms with Gasteiger partial charge in [0.05, 0.1) is 17.7 Å². The predicted molar refractivity (Wildman–Crippen MR) is 131 cm³/mol. The number of aliphatic carboxylic acids is 1. The maximum Gasteiger partial charge on any atom is 0.341 e. The summed E-state index contributed by atoms with van der Waals surface area (Å²) in [5, 5.41) is 19.7. The molecule has 0 bridgehead atoms. The molecule has 0 aliphatic rings. The van der Waals surface area contributed by atoms with Gasteiger partial charge in [-0.3, -0.25) is 15.1 Å². The van der Waals surface area contributed by atoms with E-state index in [9.17, 15) is 14.9 Å². The van der Waals surface area contributed by atoms with Gasteiger partial charge in [0.15, 0.2) is 18.1 Å². The molecule has 0 spiro atoms. The lowest BCUT2D eigenvalue weighted by Crippen LogP contribution is -2.11. The Balaban J connectivity index is 1.75. The van der Waals surface area contributed by atoms with Crippen molar-refractivity contribution in [2.45, 2.75) is 16.2 Å². The Bertz CT molecular complexity index is 1210. The Labute approximate surface area is 200 Å². The zero-order chi connectivity index (χ0) is 24.5. The van der Waals surface area contributed by atoms with E-state index in [0.29, 0.717) is 17.9 Å². The van der Waals surface area contributed by atoms with E-state index in [0.717, 1.165) is 26.6 Å². The molecule has 0 radical (unpaired) electrons. The molecule has 34 heavy (non-hydrogen) atoms. The monoisotopic (exact) mass is 478 g/mol. The van der Waals surface area contributed by atoms with Crippen LogP contribution in [0.5, 0.6) is 11.5 Å². The van der Waals surface area contributed by atoms with Gasteiger partial charge in [0.2, 0.25) is 0 Å². The molecule has 0 amide bonds. The number of methoxy groups -OCH3 is 1. The number of nitro groups is 1. The summed E-state index contributed by atoms with van der Waals surface area (Å²) in [6.07, 6.45) is 3.86. The third-order valence-corrected chi connectivity index (χ3v) is 5.58. The molecule has 174 valence electrons. The van der Waals surface area contributed by atoms with Crippen LogP contribution in [0.2, 0.25) is 0 Å². The molecule has 8 nitrogen and oxygen atoms in total. The highest BCUT2D eigenvalue weighted by Gasteiger charge is 2.14. The van der Waals surface area contributed by atoms with Gasteiger partial charge in [-0.05, 0) is 60.5 Å². The number of non-ortho nitro benzene ring substituents is 1. The molecule has 0 unspecified atom stereocenters. The van der Waals surface area contributed by atoms with E-state index in [1.54, 1.807) is 30.5 Å². The smallest absolute Gasteiger partial charge is 0.341 e. The van der Waals surface area contributed by atoms with Gasteiger partial charge in [0.25, 0.3) is 5.69 Å². The summed E-state index contributed by atoms with van der Waals surface area (Å²) < 4.78 is 10.8. The Hall–Kier alpha value is -4.11. The van der Waals surface area contributed by atoms with Crippen LogP contribution in [0.1, 0.15) is 11.1 Å². The van der Waals surface area contributed by atoms with Gasteiger partial charge < -0.3 is 14.6 Å². The fourth-order valence-electron chi connectivity index (χ4n) is 3.04. The normalized spacial score (nSPS) is 10.7. The lowest BCUT2D eigenvalue weighted by molar-refractivity contribution is -0.384. The molecule has 0 fully saturated rings. The van der Waals surface area contributed by atoms with E-state index < -0.39 is 17.5 Å². The molecule has 3 aromatic carbocycles. The quantitative estimate of drug-likeness (QED) is 0.163. The lowest BCUT2D eigenvalue weighted by atomic mass is 10.1. The van der Waals surface area contributed by atoms with Crippen molar-refractivity contribution < 1.29 is 24.3 Å². The number of benzene rings is 3. The molecule has 0 aromatic heterocycles. The summed E-state index contributed by atoms with van der Waals surface area (Å²) >= 11 is 1.50. The molecule has 3 aromatic rings. The molecule has 0 atom stereocenters. The Kier molecular flexibility index (Phi) is 8.42. The maximum absolute atomic E-state index is 10.9. The molecular formula is C25H22N2O6S. The highest BCUT2D eigenvalue weighted by atomic mass is 32.2. The zero-order valence-corrected chi connectivity index (χ0v) is 19.2. The van der Waals surface area contributed by atoms with E-state index in [1.165, 1.54) is 31.0 Å². The van der Waals surface area contributed by atoms with Gasteiger partial charge in [-0.1, -0.05) is 17.8 Å². The average molecular weight is 479 g/mol. The minimum absolute atomic E-state index is 0.0587. The van der Waals surface area contributed by atoms with Crippen molar-refractivity contribution in [3.63, 3.8) is 0 Å². The molecular weight excluding hydrogens is 456 g/mol. The second-order valence-corrected chi connectivity index (χ2v) is 8.14. The fourth-order valence-corrected chi connectivity index (χ4v) is 3.85. The number of carboxylic acid groups (broad SMARTS) is 1. The lowest BCUT2D eigenvalue weighted by Gasteiger charge is -2.14. The number of allylic oxidation sites excluding steroid dienone is 1. The molecule has 3 rings (SSSR count). The first-order valence-corrected chi connectivity index (χ1v) is 10.9. The predicted octanol–water partition coefficient (Wildman–Crippen LogP) is 5.70. The zero-order valence-electron chi connectivity index (χ0n) is 18.3. The van der Waals surface area contributed by atoms with Crippen LogP contribution >= 0.6 is 11.8 Å². The second kappa shape index (κ2) is 11.7. The molecule has 0 saturated carbocycles. The number of ether oxygens (including phenoxy) is 2. The number of carbonyl (C=O) groups is 1. The van der Waals surface area contributed by atoms with Crippen molar-refractivity contribution in [3.05, 3.63) is 94.6 Å². The molecule has 1 N–H and O–H groups in total. The van der Waals surface area contributed by atoms with Crippen molar-refractivity contribution in [1.29, 1.82) is 0 Å². The van der Waals surface area contributed by atoms with Gasteiger partial charge in [-0.25, -0.2) is 4.79 Å². The summed E-state index contributed by atoms with van der Waals surface area (Å²) in [4.78, 5) is 27.6. The van der Waals surface area contributed by atoms with Crippen LogP contribution in [0.4, 0.5) is 11.4 Å². The molecule has 0 heterocycles. The van der Waals surface area contributed by atoms with Crippen molar-refractivity contribution >= 4 is 35.3 Å². The number of nitro benzene ring substituents is 1. The van der Waals surface area contributed by atoms with E-state index in [2.05, 4.69) is 11.6 Å². The number of nitrogens with zero attached hydrogens (tertiary/aromatic N) is 2. The number of hydrogen-bond acceptors (Lipinski definition) is 7. The molecule has 0 aliphatic carbocycles. The highest BCUT2D eigenvalue weighted by molar-refractivity contribution is 7.99.